The summed E-state index contributed by atoms with van der Waals surface area (Å²) >= 11 is 3.58. The number of rotatable bonds is 0. The van der Waals surface area contributed by atoms with Crippen LogP contribution in [0.1, 0.15) is 22.3 Å². The molecule has 0 saturated carbocycles. The van der Waals surface area contributed by atoms with Gasteiger partial charge in [0.2, 0.25) is 0 Å². The molecule has 6 aromatic carbocycles. The fourth-order valence-electron chi connectivity index (χ4n) is 8.20. The number of benzene rings is 6. The SMILES string of the molecule is O=c1c2ccccc2n2c3cc4c(cc3c(=O)c3cc(Br)cc1c32)-c1ccccc1C41c2ccccc2-c2ccccc21. The first kappa shape index (κ1) is 23.5. The minimum Gasteiger partial charge on any atom is -0.307 e. The molecule has 4 heteroatoms. The fraction of sp³-hybridized carbons (Fsp3) is 0.0256. The zero-order valence-corrected chi connectivity index (χ0v) is 24.3. The van der Waals surface area contributed by atoms with E-state index in [1.165, 1.54) is 27.8 Å². The Labute approximate surface area is 253 Å². The van der Waals surface area contributed by atoms with Crippen LogP contribution in [0.5, 0.6) is 0 Å². The normalized spacial score (nSPS) is 14.1. The first-order valence-electron chi connectivity index (χ1n) is 14.4. The van der Waals surface area contributed by atoms with E-state index in [-0.39, 0.29) is 10.9 Å². The van der Waals surface area contributed by atoms with Crippen LogP contribution in [0.25, 0.3) is 60.3 Å². The van der Waals surface area contributed by atoms with Crippen molar-refractivity contribution in [3.05, 3.63) is 169 Å². The third-order valence-corrected chi connectivity index (χ3v) is 10.2. The Morgan fingerprint density at radius 1 is 0.465 bits per heavy atom. The quantitative estimate of drug-likeness (QED) is 0.127. The molecule has 2 aromatic heterocycles. The van der Waals surface area contributed by atoms with Crippen LogP contribution in [-0.2, 0) is 5.41 Å². The van der Waals surface area contributed by atoms with Crippen LogP contribution in [0, 0.1) is 0 Å². The van der Waals surface area contributed by atoms with Gasteiger partial charge >= 0.3 is 0 Å². The summed E-state index contributed by atoms with van der Waals surface area (Å²) in [6.45, 7) is 0. The molecule has 8 aromatic rings. The Hall–Kier alpha value is -5.06. The molecule has 2 aliphatic rings. The Morgan fingerprint density at radius 2 is 0.977 bits per heavy atom. The second-order valence-corrected chi connectivity index (χ2v) is 12.6. The van der Waals surface area contributed by atoms with Crippen LogP contribution in [0.4, 0.5) is 0 Å². The molecule has 0 saturated heterocycles. The molecule has 0 aliphatic heterocycles. The molecule has 0 atom stereocenters. The van der Waals surface area contributed by atoms with E-state index in [4.69, 9.17) is 0 Å². The van der Waals surface area contributed by atoms with E-state index in [0.717, 1.165) is 32.2 Å². The zero-order chi connectivity index (χ0) is 28.6. The van der Waals surface area contributed by atoms with E-state index in [1.54, 1.807) is 0 Å². The van der Waals surface area contributed by atoms with Crippen LogP contribution in [-0.4, -0.2) is 4.40 Å². The lowest BCUT2D eigenvalue weighted by atomic mass is 9.70. The second kappa shape index (κ2) is 7.85. The van der Waals surface area contributed by atoms with Crippen molar-refractivity contribution in [3.8, 4) is 22.3 Å². The highest BCUT2D eigenvalue weighted by atomic mass is 79.9. The van der Waals surface area contributed by atoms with Gasteiger partial charge in [-0.25, -0.2) is 0 Å². The molecule has 43 heavy (non-hydrogen) atoms. The van der Waals surface area contributed by atoms with Crippen LogP contribution in [0.2, 0.25) is 0 Å². The van der Waals surface area contributed by atoms with Gasteiger partial charge in [0, 0.05) is 26.0 Å². The summed E-state index contributed by atoms with van der Waals surface area (Å²) in [5.74, 6) is 0. The molecule has 0 N–H and O–H groups in total. The molecule has 0 amide bonds. The number of nitrogens with zero attached hydrogens (tertiary/aromatic N) is 1. The zero-order valence-electron chi connectivity index (χ0n) is 22.7. The molecule has 1 spiro atoms. The van der Waals surface area contributed by atoms with Crippen molar-refractivity contribution in [3.63, 3.8) is 0 Å². The Bertz CT molecular complexity index is 2640. The van der Waals surface area contributed by atoms with Gasteiger partial charge in [0.1, 0.15) is 0 Å². The number of para-hydroxylation sites is 1. The predicted octanol–water partition coefficient (Wildman–Crippen LogP) is 8.66. The highest BCUT2D eigenvalue weighted by Crippen LogP contribution is 2.63. The van der Waals surface area contributed by atoms with Crippen molar-refractivity contribution >= 4 is 54.0 Å². The molecule has 0 unspecified atom stereocenters. The minimum atomic E-state index is -0.523. The van der Waals surface area contributed by atoms with Crippen molar-refractivity contribution in [2.45, 2.75) is 5.41 Å². The van der Waals surface area contributed by atoms with E-state index in [9.17, 15) is 9.59 Å². The van der Waals surface area contributed by atoms with Crippen molar-refractivity contribution in [1.29, 1.82) is 0 Å². The van der Waals surface area contributed by atoms with Gasteiger partial charge in [-0.3, -0.25) is 9.59 Å². The first-order valence-corrected chi connectivity index (χ1v) is 15.2. The van der Waals surface area contributed by atoms with Gasteiger partial charge in [-0.1, -0.05) is 101 Å². The van der Waals surface area contributed by atoms with Crippen molar-refractivity contribution in [2.24, 2.45) is 0 Å². The number of halogens is 1. The van der Waals surface area contributed by atoms with Gasteiger partial charge in [0.15, 0.2) is 10.9 Å². The van der Waals surface area contributed by atoms with E-state index in [0.29, 0.717) is 27.1 Å². The topological polar surface area (TPSA) is 38.5 Å². The van der Waals surface area contributed by atoms with Crippen molar-refractivity contribution in [1.82, 2.24) is 4.40 Å². The third-order valence-electron chi connectivity index (χ3n) is 9.78. The average molecular weight is 614 g/mol. The van der Waals surface area contributed by atoms with Crippen LogP contribution in [0.15, 0.2) is 135 Å². The summed E-state index contributed by atoms with van der Waals surface area (Å²) in [5.41, 5.74) is 11.2. The fourth-order valence-corrected chi connectivity index (χ4v) is 8.66. The van der Waals surface area contributed by atoms with Crippen LogP contribution in [0.3, 0.4) is 0 Å². The average Bonchev–Trinajstić information content (AvgIpc) is 3.51. The molecule has 10 rings (SSSR count). The lowest BCUT2D eigenvalue weighted by molar-refractivity contribution is 0.794. The molecule has 2 heterocycles. The maximum absolute atomic E-state index is 14.4. The van der Waals surface area contributed by atoms with Crippen molar-refractivity contribution in [2.75, 3.05) is 0 Å². The number of hydrogen-bond donors (Lipinski definition) is 0. The van der Waals surface area contributed by atoms with E-state index < -0.39 is 5.41 Å². The van der Waals surface area contributed by atoms with Crippen LogP contribution < -0.4 is 10.9 Å². The van der Waals surface area contributed by atoms with E-state index in [2.05, 4.69) is 105 Å². The minimum absolute atomic E-state index is 0.0653. The van der Waals surface area contributed by atoms with Crippen LogP contribution >= 0.6 is 15.9 Å². The maximum atomic E-state index is 14.4. The monoisotopic (exact) mass is 613 g/mol. The standard InChI is InChI=1S/C39H20BrNO2/c40-21-17-28-36-29(18-21)38(43)27-19-26-24-11-3-7-15-32(24)39(30-13-5-1-9-22(30)23-10-2-6-14-31(23)39)33(26)20-35(27)41(36)34-16-8-4-12-25(34)37(28)42/h1-20H. The number of hydrogen-bond acceptors (Lipinski definition) is 2. The summed E-state index contributed by atoms with van der Waals surface area (Å²) in [7, 11) is 0. The highest BCUT2D eigenvalue weighted by molar-refractivity contribution is 9.10. The summed E-state index contributed by atoms with van der Waals surface area (Å²) in [6, 6.07) is 41.8. The lowest BCUT2D eigenvalue weighted by Crippen LogP contribution is -2.26. The largest absolute Gasteiger partial charge is 0.307 e. The number of aromatic nitrogens is 1. The van der Waals surface area contributed by atoms with E-state index >= 15 is 0 Å². The summed E-state index contributed by atoms with van der Waals surface area (Å²) in [4.78, 5) is 28.2. The third kappa shape index (κ3) is 2.63. The molecule has 0 bridgehead atoms. The molecule has 0 radical (unpaired) electrons. The first-order chi connectivity index (χ1) is 21.1. The summed E-state index contributed by atoms with van der Waals surface area (Å²) in [6.07, 6.45) is 0. The smallest absolute Gasteiger partial charge is 0.197 e. The van der Waals surface area contributed by atoms with Gasteiger partial charge in [-0.15, -0.1) is 0 Å². The maximum Gasteiger partial charge on any atom is 0.197 e. The number of fused-ring (bicyclic) bond motifs is 14. The molecule has 2 aliphatic carbocycles. The molecule has 3 nitrogen and oxygen atoms in total. The van der Waals surface area contributed by atoms with Crippen molar-refractivity contribution < 1.29 is 0 Å². The number of pyridine rings is 2. The van der Waals surface area contributed by atoms with Gasteiger partial charge in [-0.2, -0.15) is 0 Å². The molecular formula is C39H20BrNO2. The Balaban J connectivity index is 1.49. The predicted molar refractivity (Wildman–Crippen MR) is 178 cm³/mol. The van der Waals surface area contributed by atoms with Gasteiger partial charge < -0.3 is 4.40 Å². The van der Waals surface area contributed by atoms with Gasteiger partial charge in [0.25, 0.3) is 0 Å². The molecule has 0 fully saturated rings. The summed E-state index contributed by atoms with van der Waals surface area (Å²) in [5, 5.41) is 2.36. The highest BCUT2D eigenvalue weighted by Gasteiger charge is 2.51. The Kier molecular flexibility index (Phi) is 4.29. The van der Waals surface area contributed by atoms with Gasteiger partial charge in [0.05, 0.1) is 22.0 Å². The molecule has 200 valence electrons. The lowest BCUT2D eigenvalue weighted by Gasteiger charge is -2.30. The Morgan fingerprint density at radius 3 is 1.60 bits per heavy atom. The van der Waals surface area contributed by atoms with E-state index in [1.807, 2.05) is 36.4 Å². The van der Waals surface area contributed by atoms with Gasteiger partial charge in [-0.05, 0) is 80.9 Å². The summed E-state index contributed by atoms with van der Waals surface area (Å²) < 4.78 is 2.87. The molecular weight excluding hydrogens is 594 g/mol. The second-order valence-electron chi connectivity index (χ2n) is 11.7.